The standard InChI is InChI=1S/C55H37NS/c1-55(2)48-19-9-8-16-45(48)54-49(55)20-11-21-50(54)56(37-25-22-35(23-26-37)34-12-4-3-5-13-34)38-27-31-52-47(33-38)46-32-36(24-30-51(46)57-52)39-28-29-44-41-15-7-6-14-40(41)43-18-10-17-42(39)53(43)44/h3-33H,1-2H3. The van der Waals surface area contributed by atoms with Crippen molar-refractivity contribution >= 4 is 59.3 Å². The minimum Gasteiger partial charge on any atom is -0.310 e. The second-order valence-electron chi connectivity index (χ2n) is 16.0. The lowest BCUT2D eigenvalue weighted by atomic mass is 9.82. The topological polar surface area (TPSA) is 3.24 Å². The van der Waals surface area contributed by atoms with Crippen molar-refractivity contribution in [2.75, 3.05) is 4.90 Å². The summed E-state index contributed by atoms with van der Waals surface area (Å²) in [5, 5.41) is 5.26. The first-order valence-corrected chi connectivity index (χ1v) is 20.7. The first-order chi connectivity index (χ1) is 28.0. The molecule has 268 valence electrons. The van der Waals surface area contributed by atoms with Crippen molar-refractivity contribution in [3.63, 3.8) is 0 Å². The Kier molecular flexibility index (Phi) is 6.91. The molecule has 10 aromatic rings. The fraction of sp³-hybridized carbons (Fsp3) is 0.0545. The zero-order valence-corrected chi connectivity index (χ0v) is 32.6. The van der Waals surface area contributed by atoms with Gasteiger partial charge < -0.3 is 4.90 Å². The smallest absolute Gasteiger partial charge is 0.0543 e. The van der Waals surface area contributed by atoms with Crippen LogP contribution < -0.4 is 4.90 Å². The van der Waals surface area contributed by atoms with Gasteiger partial charge in [0.25, 0.3) is 0 Å². The van der Waals surface area contributed by atoms with Crippen molar-refractivity contribution in [3.05, 3.63) is 199 Å². The molecule has 1 heterocycles. The van der Waals surface area contributed by atoms with Gasteiger partial charge in [-0.15, -0.1) is 11.3 Å². The Morgan fingerprint density at radius 3 is 1.77 bits per heavy atom. The highest BCUT2D eigenvalue weighted by Gasteiger charge is 2.37. The minimum absolute atomic E-state index is 0.0971. The van der Waals surface area contributed by atoms with E-state index in [1.54, 1.807) is 0 Å². The number of hydrogen-bond donors (Lipinski definition) is 0. The highest BCUT2D eigenvalue weighted by atomic mass is 32.1. The van der Waals surface area contributed by atoms with Gasteiger partial charge in [0, 0.05) is 42.5 Å². The van der Waals surface area contributed by atoms with Crippen LogP contribution in [-0.4, -0.2) is 0 Å². The van der Waals surface area contributed by atoms with Gasteiger partial charge in [0.05, 0.1) is 5.69 Å². The molecule has 0 saturated carbocycles. The summed E-state index contributed by atoms with van der Waals surface area (Å²) in [6.45, 7) is 4.73. The fourth-order valence-electron chi connectivity index (χ4n) is 9.91. The molecule has 57 heavy (non-hydrogen) atoms. The monoisotopic (exact) mass is 743 g/mol. The molecule has 1 nitrogen and oxygen atoms in total. The molecule has 0 radical (unpaired) electrons. The number of anilines is 3. The van der Waals surface area contributed by atoms with Gasteiger partial charge in [-0.1, -0.05) is 153 Å². The molecule has 0 unspecified atom stereocenters. The van der Waals surface area contributed by atoms with E-state index in [0.717, 1.165) is 11.4 Å². The molecule has 0 atom stereocenters. The third kappa shape index (κ3) is 4.75. The summed E-state index contributed by atoms with van der Waals surface area (Å²) in [5.41, 5.74) is 19.1. The van der Waals surface area contributed by atoms with Crippen molar-refractivity contribution < 1.29 is 0 Å². The van der Waals surface area contributed by atoms with Gasteiger partial charge in [0.1, 0.15) is 0 Å². The number of rotatable bonds is 5. The number of fused-ring (bicyclic) bond motifs is 9. The average Bonchev–Trinajstić information content (AvgIpc) is 3.88. The molecule has 1 aromatic heterocycles. The molecule has 0 fully saturated rings. The zero-order chi connectivity index (χ0) is 37.8. The largest absolute Gasteiger partial charge is 0.310 e. The minimum atomic E-state index is -0.0971. The van der Waals surface area contributed by atoms with Crippen LogP contribution in [0.1, 0.15) is 25.0 Å². The SMILES string of the molecule is CC1(C)c2ccccc2-c2c(N(c3ccc(-c4ccccc4)cc3)c3ccc4sc5ccc(-c6ccc7c8c(cccc68)-c6ccccc6-7)cc5c4c3)cccc21. The molecule has 2 aliphatic rings. The average molecular weight is 744 g/mol. The Hall–Kier alpha value is -6.74. The van der Waals surface area contributed by atoms with E-state index in [4.69, 9.17) is 0 Å². The molecule has 2 heteroatoms. The van der Waals surface area contributed by atoms with Gasteiger partial charge >= 0.3 is 0 Å². The Balaban J connectivity index is 1.05. The molecule has 12 rings (SSSR count). The maximum absolute atomic E-state index is 2.49. The highest BCUT2D eigenvalue weighted by Crippen LogP contribution is 2.55. The van der Waals surface area contributed by atoms with Gasteiger partial charge in [0.15, 0.2) is 0 Å². The van der Waals surface area contributed by atoms with Gasteiger partial charge in [-0.25, -0.2) is 0 Å². The van der Waals surface area contributed by atoms with Crippen LogP contribution in [-0.2, 0) is 5.41 Å². The summed E-state index contributed by atoms with van der Waals surface area (Å²) in [4.78, 5) is 2.49. The number of benzene rings is 9. The molecule has 0 bridgehead atoms. The molecule has 9 aromatic carbocycles. The van der Waals surface area contributed by atoms with E-state index in [0.29, 0.717) is 0 Å². The van der Waals surface area contributed by atoms with Crippen molar-refractivity contribution in [1.82, 2.24) is 0 Å². The second-order valence-corrected chi connectivity index (χ2v) is 17.1. The van der Waals surface area contributed by atoms with Gasteiger partial charge in [-0.3, -0.25) is 0 Å². The Morgan fingerprint density at radius 1 is 0.386 bits per heavy atom. The van der Waals surface area contributed by atoms with E-state index < -0.39 is 0 Å². The third-order valence-electron chi connectivity index (χ3n) is 12.6. The lowest BCUT2D eigenvalue weighted by Gasteiger charge is -2.29. The maximum Gasteiger partial charge on any atom is 0.0543 e. The van der Waals surface area contributed by atoms with Crippen LogP contribution in [0, 0.1) is 0 Å². The molecule has 0 saturated heterocycles. The third-order valence-corrected chi connectivity index (χ3v) is 13.8. The Labute approximate surface area is 336 Å². The van der Waals surface area contributed by atoms with Gasteiger partial charge in [-0.2, -0.15) is 0 Å². The van der Waals surface area contributed by atoms with Gasteiger partial charge in [-0.05, 0) is 121 Å². The van der Waals surface area contributed by atoms with Crippen LogP contribution in [0.25, 0.3) is 86.6 Å². The number of nitrogens with zero attached hydrogens (tertiary/aromatic N) is 1. The van der Waals surface area contributed by atoms with Crippen LogP contribution in [0.4, 0.5) is 17.1 Å². The Bertz CT molecular complexity index is 3230. The molecule has 0 spiro atoms. The lowest BCUT2D eigenvalue weighted by molar-refractivity contribution is 0.660. The van der Waals surface area contributed by atoms with Crippen molar-refractivity contribution in [1.29, 1.82) is 0 Å². The highest BCUT2D eigenvalue weighted by molar-refractivity contribution is 7.25. The Morgan fingerprint density at radius 2 is 0.965 bits per heavy atom. The molecular weight excluding hydrogens is 707 g/mol. The summed E-state index contributed by atoms with van der Waals surface area (Å²) in [6.07, 6.45) is 0. The fourth-order valence-corrected chi connectivity index (χ4v) is 11.0. The van der Waals surface area contributed by atoms with Crippen LogP contribution in [0.3, 0.4) is 0 Å². The predicted octanol–water partition coefficient (Wildman–Crippen LogP) is 16.0. The van der Waals surface area contributed by atoms with Crippen LogP contribution in [0.2, 0.25) is 0 Å². The van der Waals surface area contributed by atoms with E-state index >= 15 is 0 Å². The second kappa shape index (κ2) is 12.1. The summed E-state index contributed by atoms with van der Waals surface area (Å²) >= 11 is 1.88. The molecule has 0 aliphatic heterocycles. The summed E-state index contributed by atoms with van der Waals surface area (Å²) in [7, 11) is 0. The van der Waals surface area contributed by atoms with Crippen LogP contribution in [0.15, 0.2) is 188 Å². The quantitative estimate of drug-likeness (QED) is 0.170. The first kappa shape index (κ1) is 32.5. The van der Waals surface area contributed by atoms with Crippen LogP contribution >= 0.6 is 11.3 Å². The predicted molar refractivity (Wildman–Crippen MR) is 244 cm³/mol. The zero-order valence-electron chi connectivity index (χ0n) is 31.8. The van der Waals surface area contributed by atoms with E-state index in [-0.39, 0.29) is 5.41 Å². The van der Waals surface area contributed by atoms with Gasteiger partial charge in [0.2, 0.25) is 0 Å². The summed E-state index contributed by atoms with van der Waals surface area (Å²) in [6, 6.07) is 70.1. The molecule has 0 amide bonds. The van der Waals surface area contributed by atoms with Crippen molar-refractivity contribution in [2.45, 2.75) is 19.3 Å². The number of thiophene rings is 1. The van der Waals surface area contributed by atoms with Crippen LogP contribution in [0.5, 0.6) is 0 Å². The maximum atomic E-state index is 2.49. The first-order valence-electron chi connectivity index (χ1n) is 19.8. The summed E-state index contributed by atoms with van der Waals surface area (Å²) < 4.78 is 2.60. The van der Waals surface area contributed by atoms with E-state index in [2.05, 4.69) is 207 Å². The summed E-state index contributed by atoms with van der Waals surface area (Å²) in [5.74, 6) is 0. The van der Waals surface area contributed by atoms with Crippen molar-refractivity contribution in [3.8, 4) is 55.6 Å². The molecule has 0 N–H and O–H groups in total. The van der Waals surface area contributed by atoms with E-state index in [1.165, 1.54) is 103 Å². The number of hydrogen-bond acceptors (Lipinski definition) is 2. The van der Waals surface area contributed by atoms with E-state index in [9.17, 15) is 0 Å². The van der Waals surface area contributed by atoms with Crippen molar-refractivity contribution in [2.24, 2.45) is 0 Å². The normalized spacial score (nSPS) is 13.2. The molecular formula is C55H37NS. The van der Waals surface area contributed by atoms with E-state index in [1.807, 2.05) is 11.3 Å². The lowest BCUT2D eigenvalue weighted by Crippen LogP contribution is -2.16. The molecule has 2 aliphatic carbocycles.